The molecule has 1 N–H and O–H groups in total. The summed E-state index contributed by atoms with van der Waals surface area (Å²) < 4.78 is 0. The van der Waals surface area contributed by atoms with Crippen LogP contribution in [0.4, 0.5) is 11.4 Å². The molecular weight excluding hydrogens is 362 g/mol. The van der Waals surface area contributed by atoms with E-state index in [1.807, 2.05) is 50.2 Å². The Labute approximate surface area is 170 Å². The third kappa shape index (κ3) is 3.76. The molecule has 2 amide bonds. The molecular formula is C24H23N3O2. The van der Waals surface area contributed by atoms with Crippen LogP contribution in [0.1, 0.15) is 44.0 Å². The highest BCUT2D eigenvalue weighted by Gasteiger charge is 2.24. The minimum absolute atomic E-state index is 0.110. The number of carbonyl (C=O) groups excluding carboxylic acids is 2. The minimum atomic E-state index is -0.323. The fourth-order valence-electron chi connectivity index (χ4n) is 3.78. The topological polar surface area (TPSA) is 62.3 Å². The quantitative estimate of drug-likeness (QED) is 0.720. The number of aromatic nitrogens is 1. The molecule has 3 aromatic rings. The lowest BCUT2D eigenvalue weighted by atomic mass is 10.0. The zero-order chi connectivity index (χ0) is 20.4. The number of rotatable bonds is 3. The van der Waals surface area contributed by atoms with E-state index in [4.69, 9.17) is 0 Å². The summed E-state index contributed by atoms with van der Waals surface area (Å²) in [6.07, 6.45) is 3.41. The average Bonchev–Trinajstić information content (AvgIpc) is 2.75. The molecule has 146 valence electrons. The Balaban J connectivity index is 1.59. The van der Waals surface area contributed by atoms with Crippen molar-refractivity contribution in [1.29, 1.82) is 0 Å². The minimum Gasteiger partial charge on any atom is -0.320 e. The van der Waals surface area contributed by atoms with Gasteiger partial charge >= 0.3 is 0 Å². The number of carbonyl (C=O) groups is 2. The highest BCUT2D eigenvalue weighted by molar-refractivity contribution is 6.09. The summed E-state index contributed by atoms with van der Waals surface area (Å²) in [6, 6.07) is 17.1. The lowest BCUT2D eigenvalue weighted by Crippen LogP contribution is -2.35. The van der Waals surface area contributed by atoms with Crippen LogP contribution in [0.2, 0.25) is 0 Å². The van der Waals surface area contributed by atoms with Gasteiger partial charge in [0.2, 0.25) is 0 Å². The highest BCUT2D eigenvalue weighted by Crippen LogP contribution is 2.28. The number of hydrogen-bond acceptors (Lipinski definition) is 3. The van der Waals surface area contributed by atoms with Crippen LogP contribution in [0.25, 0.3) is 0 Å². The molecule has 0 saturated heterocycles. The molecule has 0 saturated carbocycles. The summed E-state index contributed by atoms with van der Waals surface area (Å²) >= 11 is 0. The van der Waals surface area contributed by atoms with Crippen LogP contribution in [-0.4, -0.2) is 23.3 Å². The first-order chi connectivity index (χ1) is 14.0. The van der Waals surface area contributed by atoms with Crippen molar-refractivity contribution in [1.82, 2.24) is 4.98 Å². The summed E-state index contributed by atoms with van der Waals surface area (Å²) in [5.41, 5.74) is 5.55. The van der Waals surface area contributed by atoms with E-state index in [9.17, 15) is 9.59 Å². The van der Waals surface area contributed by atoms with Crippen LogP contribution < -0.4 is 10.2 Å². The van der Waals surface area contributed by atoms with Crippen molar-refractivity contribution in [2.75, 3.05) is 16.8 Å². The molecule has 0 unspecified atom stereocenters. The van der Waals surface area contributed by atoms with E-state index in [2.05, 4.69) is 16.4 Å². The number of para-hydroxylation sites is 2. The lowest BCUT2D eigenvalue weighted by Gasteiger charge is -2.29. The first-order valence-corrected chi connectivity index (χ1v) is 9.78. The largest absolute Gasteiger partial charge is 0.320 e. The van der Waals surface area contributed by atoms with Gasteiger partial charge in [-0.25, -0.2) is 0 Å². The first kappa shape index (κ1) is 18.9. The molecule has 2 aromatic carbocycles. The second-order valence-electron chi connectivity index (χ2n) is 7.34. The maximum absolute atomic E-state index is 13.2. The SMILES string of the molecule is Cc1cccc(C)c1NC(=O)c1cc(C(=O)N2CCCc3ccccc32)ccn1. The summed E-state index contributed by atoms with van der Waals surface area (Å²) in [7, 11) is 0. The fraction of sp³-hybridized carbons (Fsp3) is 0.208. The van der Waals surface area contributed by atoms with E-state index in [-0.39, 0.29) is 17.5 Å². The van der Waals surface area contributed by atoms with Crippen LogP contribution in [0.15, 0.2) is 60.8 Å². The molecule has 5 heteroatoms. The first-order valence-electron chi connectivity index (χ1n) is 9.78. The second kappa shape index (κ2) is 7.87. The van der Waals surface area contributed by atoms with Gasteiger partial charge in [0.15, 0.2) is 0 Å². The number of aryl methyl sites for hydroxylation is 3. The fourth-order valence-corrected chi connectivity index (χ4v) is 3.78. The Morgan fingerprint density at radius 1 is 1.00 bits per heavy atom. The van der Waals surface area contributed by atoms with Crippen LogP contribution in [0, 0.1) is 13.8 Å². The molecule has 0 atom stereocenters. The van der Waals surface area contributed by atoms with E-state index in [0.29, 0.717) is 12.1 Å². The summed E-state index contributed by atoms with van der Waals surface area (Å²) in [6.45, 7) is 4.57. The smallest absolute Gasteiger partial charge is 0.274 e. The van der Waals surface area contributed by atoms with Crippen LogP contribution in [0.3, 0.4) is 0 Å². The van der Waals surface area contributed by atoms with Gasteiger partial charge in [0.05, 0.1) is 0 Å². The van der Waals surface area contributed by atoms with Gasteiger partial charge < -0.3 is 10.2 Å². The number of benzene rings is 2. The third-order valence-corrected chi connectivity index (χ3v) is 5.31. The molecule has 5 nitrogen and oxygen atoms in total. The van der Waals surface area contributed by atoms with Crippen LogP contribution in [0.5, 0.6) is 0 Å². The van der Waals surface area contributed by atoms with Crippen molar-refractivity contribution in [3.63, 3.8) is 0 Å². The molecule has 1 aromatic heterocycles. The molecule has 4 rings (SSSR count). The Kier molecular flexibility index (Phi) is 5.12. The molecule has 0 fully saturated rings. The molecule has 0 radical (unpaired) electrons. The van der Waals surface area contributed by atoms with Crippen molar-refractivity contribution in [2.45, 2.75) is 26.7 Å². The zero-order valence-electron chi connectivity index (χ0n) is 16.6. The molecule has 0 bridgehead atoms. The number of nitrogens with one attached hydrogen (secondary N) is 1. The van der Waals surface area contributed by atoms with Crippen molar-refractivity contribution >= 4 is 23.2 Å². The Morgan fingerprint density at radius 3 is 2.55 bits per heavy atom. The van der Waals surface area contributed by atoms with Gasteiger partial charge in [0.25, 0.3) is 11.8 Å². The highest BCUT2D eigenvalue weighted by atomic mass is 16.2. The zero-order valence-corrected chi connectivity index (χ0v) is 16.6. The van der Waals surface area contributed by atoms with E-state index < -0.39 is 0 Å². The molecule has 0 aliphatic carbocycles. The second-order valence-corrected chi connectivity index (χ2v) is 7.34. The van der Waals surface area contributed by atoms with Crippen molar-refractivity contribution in [3.05, 3.63) is 88.7 Å². The molecule has 1 aliphatic rings. The number of fused-ring (bicyclic) bond motifs is 1. The van der Waals surface area contributed by atoms with Crippen LogP contribution in [-0.2, 0) is 6.42 Å². The number of anilines is 2. The third-order valence-electron chi connectivity index (χ3n) is 5.31. The maximum atomic E-state index is 13.2. The van der Waals surface area contributed by atoms with Gasteiger partial charge in [-0.15, -0.1) is 0 Å². The Morgan fingerprint density at radius 2 is 1.76 bits per heavy atom. The van der Waals surface area contributed by atoms with Crippen LogP contribution >= 0.6 is 0 Å². The van der Waals surface area contributed by atoms with Gasteiger partial charge in [-0.2, -0.15) is 0 Å². The van der Waals surface area contributed by atoms with Gasteiger partial charge in [-0.3, -0.25) is 14.6 Å². The number of pyridine rings is 1. The molecule has 1 aliphatic heterocycles. The van der Waals surface area contributed by atoms with E-state index >= 15 is 0 Å². The van der Waals surface area contributed by atoms with E-state index in [0.717, 1.165) is 35.3 Å². The molecule has 0 spiro atoms. The Bertz CT molecular complexity index is 1070. The van der Waals surface area contributed by atoms with Crippen molar-refractivity contribution < 1.29 is 9.59 Å². The van der Waals surface area contributed by atoms with Gasteiger partial charge in [0.1, 0.15) is 5.69 Å². The summed E-state index contributed by atoms with van der Waals surface area (Å²) in [5.74, 6) is -0.434. The number of hydrogen-bond donors (Lipinski definition) is 1. The van der Waals surface area contributed by atoms with Crippen molar-refractivity contribution in [3.8, 4) is 0 Å². The van der Waals surface area contributed by atoms with E-state index in [1.54, 1.807) is 17.0 Å². The summed E-state index contributed by atoms with van der Waals surface area (Å²) in [5, 5.41) is 2.93. The standard InChI is InChI=1S/C24H23N3O2/c1-16-7-5-8-17(2)22(16)26-23(28)20-15-19(12-13-25-20)24(29)27-14-6-10-18-9-3-4-11-21(18)27/h3-5,7-9,11-13,15H,6,10,14H2,1-2H3,(H,26,28). The monoisotopic (exact) mass is 385 g/mol. The van der Waals surface area contributed by atoms with Crippen molar-refractivity contribution in [2.24, 2.45) is 0 Å². The average molecular weight is 385 g/mol. The summed E-state index contributed by atoms with van der Waals surface area (Å²) in [4.78, 5) is 31.9. The number of amides is 2. The van der Waals surface area contributed by atoms with Gasteiger partial charge in [-0.05, 0) is 61.6 Å². The normalized spacial score (nSPS) is 13.0. The maximum Gasteiger partial charge on any atom is 0.274 e. The van der Waals surface area contributed by atoms with E-state index in [1.165, 1.54) is 11.8 Å². The van der Waals surface area contributed by atoms with Gasteiger partial charge in [-0.1, -0.05) is 36.4 Å². The molecule has 2 heterocycles. The number of nitrogens with zero attached hydrogens (tertiary/aromatic N) is 2. The lowest BCUT2D eigenvalue weighted by molar-refractivity contribution is 0.0985. The van der Waals surface area contributed by atoms with Gasteiger partial charge in [0, 0.05) is 29.7 Å². The Hall–Kier alpha value is -3.47. The predicted octanol–water partition coefficient (Wildman–Crippen LogP) is 4.54. The molecule has 29 heavy (non-hydrogen) atoms. The predicted molar refractivity (Wildman–Crippen MR) is 115 cm³/mol.